The van der Waals surface area contributed by atoms with E-state index in [4.69, 9.17) is 9.72 Å². The van der Waals surface area contributed by atoms with Crippen LogP contribution in [0.3, 0.4) is 0 Å². The van der Waals surface area contributed by atoms with Crippen molar-refractivity contribution >= 4 is 28.6 Å². The topological polar surface area (TPSA) is 56.1 Å². The van der Waals surface area contributed by atoms with Crippen molar-refractivity contribution in [3.8, 4) is 0 Å². The van der Waals surface area contributed by atoms with Crippen molar-refractivity contribution in [2.45, 2.75) is 13.0 Å². The zero-order valence-corrected chi connectivity index (χ0v) is 17.2. The number of esters is 1. The van der Waals surface area contributed by atoms with Gasteiger partial charge in [-0.25, -0.2) is 18.6 Å². The summed E-state index contributed by atoms with van der Waals surface area (Å²) < 4.78 is 34.7. The predicted octanol–water partition coefficient (Wildman–Crippen LogP) is 5.30. The van der Waals surface area contributed by atoms with Gasteiger partial charge in [0.25, 0.3) is 0 Å². The van der Waals surface area contributed by atoms with Gasteiger partial charge in [0.2, 0.25) is 5.95 Å². The summed E-state index contributed by atoms with van der Waals surface area (Å²) in [6.07, 6.45) is 0. The fourth-order valence-electron chi connectivity index (χ4n) is 4.07. The van der Waals surface area contributed by atoms with E-state index in [1.165, 1.54) is 24.3 Å². The van der Waals surface area contributed by atoms with Crippen molar-refractivity contribution in [3.05, 3.63) is 101 Å². The molecule has 5 nitrogen and oxygen atoms in total. The van der Waals surface area contributed by atoms with E-state index in [-0.39, 0.29) is 18.2 Å². The third-order valence-corrected chi connectivity index (χ3v) is 5.45. The van der Waals surface area contributed by atoms with E-state index in [1.54, 1.807) is 31.2 Å². The van der Waals surface area contributed by atoms with E-state index in [9.17, 15) is 13.6 Å². The third kappa shape index (κ3) is 3.32. The molecule has 3 aromatic carbocycles. The molecular formula is C25H19F2N3O2. The first-order valence-electron chi connectivity index (χ1n) is 10.2. The van der Waals surface area contributed by atoms with Gasteiger partial charge < -0.3 is 10.1 Å². The monoisotopic (exact) mass is 431 g/mol. The Labute approximate surface area is 183 Å². The molecule has 32 heavy (non-hydrogen) atoms. The van der Waals surface area contributed by atoms with Gasteiger partial charge in [-0.3, -0.25) is 4.57 Å². The zero-order chi connectivity index (χ0) is 22.2. The molecule has 0 aliphatic carbocycles. The summed E-state index contributed by atoms with van der Waals surface area (Å²) in [5.74, 6) is -0.756. The number of hydrogen-bond acceptors (Lipinski definition) is 4. The number of nitrogens with one attached hydrogen (secondary N) is 1. The lowest BCUT2D eigenvalue weighted by atomic mass is 9.92. The lowest BCUT2D eigenvalue weighted by molar-refractivity contribution is -0.138. The first-order valence-corrected chi connectivity index (χ1v) is 10.2. The van der Waals surface area contributed by atoms with E-state index in [0.717, 1.165) is 11.0 Å². The molecule has 0 fully saturated rings. The van der Waals surface area contributed by atoms with Gasteiger partial charge in [-0.05, 0) is 66.6 Å². The maximum Gasteiger partial charge on any atom is 0.338 e. The van der Waals surface area contributed by atoms with Crippen molar-refractivity contribution in [2.75, 3.05) is 11.9 Å². The van der Waals surface area contributed by atoms with E-state index >= 15 is 0 Å². The summed E-state index contributed by atoms with van der Waals surface area (Å²) in [5.41, 5.74) is 3.66. The van der Waals surface area contributed by atoms with Crippen LogP contribution in [0.5, 0.6) is 0 Å². The number of ether oxygens (including phenoxy) is 1. The standard InChI is InChI=1S/C25H19F2N3O2/c1-2-32-24(31)21-22(15-7-11-17(26)12-8-15)29-25-28-19-5-3-4-6-20(19)30(25)23(21)16-9-13-18(27)14-10-16/h3-14,23H,2H2,1H3,(H,28,29). The van der Waals surface area contributed by atoms with E-state index < -0.39 is 12.0 Å². The first kappa shape index (κ1) is 19.9. The molecule has 1 N–H and O–H groups in total. The van der Waals surface area contributed by atoms with Crippen LogP contribution in [-0.4, -0.2) is 22.1 Å². The van der Waals surface area contributed by atoms with Crippen LogP contribution in [-0.2, 0) is 9.53 Å². The molecule has 0 bridgehead atoms. The quantitative estimate of drug-likeness (QED) is 0.446. The van der Waals surface area contributed by atoms with E-state index in [1.807, 2.05) is 28.8 Å². The Bertz CT molecular complexity index is 1340. The minimum atomic E-state index is -0.627. The summed E-state index contributed by atoms with van der Waals surface area (Å²) in [5, 5.41) is 3.26. The van der Waals surface area contributed by atoms with E-state index in [0.29, 0.717) is 28.3 Å². The van der Waals surface area contributed by atoms with Crippen LogP contribution in [0.1, 0.15) is 24.1 Å². The number of imidazole rings is 1. The molecule has 160 valence electrons. The second-order valence-electron chi connectivity index (χ2n) is 7.39. The predicted molar refractivity (Wildman–Crippen MR) is 118 cm³/mol. The third-order valence-electron chi connectivity index (χ3n) is 5.45. The Morgan fingerprint density at radius 1 is 1.00 bits per heavy atom. The number of carbonyl (C=O) groups excluding carboxylic acids is 1. The Morgan fingerprint density at radius 3 is 2.34 bits per heavy atom. The van der Waals surface area contributed by atoms with Gasteiger partial charge in [-0.1, -0.05) is 24.3 Å². The zero-order valence-electron chi connectivity index (χ0n) is 17.2. The van der Waals surface area contributed by atoms with Gasteiger partial charge in [0, 0.05) is 0 Å². The molecule has 1 aliphatic heterocycles. The normalized spacial score (nSPS) is 15.4. The molecule has 0 radical (unpaired) electrons. The van der Waals surface area contributed by atoms with Crippen molar-refractivity contribution in [2.24, 2.45) is 0 Å². The lowest BCUT2D eigenvalue weighted by Gasteiger charge is -2.31. The number of anilines is 1. The number of nitrogens with zero attached hydrogens (tertiary/aromatic N) is 2. The number of hydrogen-bond donors (Lipinski definition) is 1. The number of halogens is 2. The fourth-order valence-corrected chi connectivity index (χ4v) is 4.07. The maximum absolute atomic E-state index is 13.7. The van der Waals surface area contributed by atoms with Crippen LogP contribution in [0.4, 0.5) is 14.7 Å². The van der Waals surface area contributed by atoms with Crippen LogP contribution in [0.25, 0.3) is 16.7 Å². The van der Waals surface area contributed by atoms with Crippen LogP contribution in [0.15, 0.2) is 78.4 Å². The molecule has 5 rings (SSSR count). The van der Waals surface area contributed by atoms with Crippen LogP contribution >= 0.6 is 0 Å². The molecule has 1 atom stereocenters. The Balaban J connectivity index is 1.82. The number of rotatable bonds is 4. The average molecular weight is 431 g/mol. The van der Waals surface area contributed by atoms with Gasteiger partial charge >= 0.3 is 5.97 Å². The van der Waals surface area contributed by atoms with Crippen molar-refractivity contribution < 1.29 is 18.3 Å². The highest BCUT2D eigenvalue weighted by molar-refractivity contribution is 6.03. The first-order chi connectivity index (χ1) is 15.6. The largest absolute Gasteiger partial charge is 0.463 e. The molecule has 1 aliphatic rings. The smallest absolute Gasteiger partial charge is 0.338 e. The SMILES string of the molecule is CCOC(=O)C1=C(c2ccc(F)cc2)Nc2nc3ccccc3n2C1c1ccc(F)cc1. The molecule has 1 aromatic heterocycles. The van der Waals surface area contributed by atoms with Crippen molar-refractivity contribution in [1.82, 2.24) is 9.55 Å². The summed E-state index contributed by atoms with van der Waals surface area (Å²) in [7, 11) is 0. The van der Waals surface area contributed by atoms with Crippen LogP contribution in [0.2, 0.25) is 0 Å². The van der Waals surface area contributed by atoms with Crippen LogP contribution < -0.4 is 5.32 Å². The van der Waals surface area contributed by atoms with Gasteiger partial charge in [0.05, 0.1) is 35.0 Å². The highest BCUT2D eigenvalue weighted by atomic mass is 19.1. The summed E-state index contributed by atoms with van der Waals surface area (Å²) in [6.45, 7) is 1.92. The number of aromatic nitrogens is 2. The summed E-state index contributed by atoms with van der Waals surface area (Å²) in [4.78, 5) is 18.0. The molecule has 0 saturated carbocycles. The highest BCUT2D eigenvalue weighted by Gasteiger charge is 2.36. The molecule has 4 aromatic rings. The molecule has 0 amide bonds. The molecule has 2 heterocycles. The second-order valence-corrected chi connectivity index (χ2v) is 7.39. The van der Waals surface area contributed by atoms with Gasteiger partial charge in [0.15, 0.2) is 0 Å². The van der Waals surface area contributed by atoms with Crippen molar-refractivity contribution in [3.63, 3.8) is 0 Å². The molecule has 1 unspecified atom stereocenters. The van der Waals surface area contributed by atoms with Gasteiger partial charge in [-0.2, -0.15) is 0 Å². The minimum absolute atomic E-state index is 0.187. The highest BCUT2D eigenvalue weighted by Crippen LogP contribution is 2.42. The molecular weight excluding hydrogens is 412 g/mol. The summed E-state index contributed by atoms with van der Waals surface area (Å²) >= 11 is 0. The number of fused-ring (bicyclic) bond motifs is 3. The summed E-state index contributed by atoms with van der Waals surface area (Å²) in [6, 6.07) is 18.8. The molecule has 7 heteroatoms. The average Bonchev–Trinajstić information content (AvgIpc) is 3.17. The van der Waals surface area contributed by atoms with Crippen molar-refractivity contribution in [1.29, 1.82) is 0 Å². The number of carbonyl (C=O) groups is 1. The van der Waals surface area contributed by atoms with Crippen LogP contribution in [0, 0.1) is 11.6 Å². The fraction of sp³-hybridized carbons (Fsp3) is 0.120. The number of benzene rings is 3. The molecule has 0 saturated heterocycles. The van der Waals surface area contributed by atoms with Gasteiger partial charge in [-0.15, -0.1) is 0 Å². The Morgan fingerprint density at radius 2 is 1.66 bits per heavy atom. The Hall–Kier alpha value is -4.00. The van der Waals surface area contributed by atoms with Gasteiger partial charge in [0.1, 0.15) is 11.6 Å². The number of para-hydroxylation sites is 2. The van der Waals surface area contributed by atoms with E-state index in [2.05, 4.69) is 5.32 Å². The second kappa shape index (κ2) is 7.92. The lowest BCUT2D eigenvalue weighted by Crippen LogP contribution is -2.29. The Kier molecular flexibility index (Phi) is 4.93. The minimum Gasteiger partial charge on any atom is -0.463 e. The maximum atomic E-state index is 13.7. The molecule has 0 spiro atoms.